The van der Waals surface area contributed by atoms with Gasteiger partial charge in [0, 0.05) is 42.0 Å². The Hall–Kier alpha value is -3.82. The maximum atomic E-state index is 12.4. The number of hydrogen-bond donors (Lipinski definition) is 0. The number of nitrogens with zero attached hydrogens (tertiary/aromatic N) is 5. The quantitative estimate of drug-likeness (QED) is 0.220. The monoisotopic (exact) mass is 487 g/mol. The molecule has 4 heterocycles. The number of aryl methyl sites for hydroxylation is 1. The van der Waals surface area contributed by atoms with Crippen molar-refractivity contribution in [2.75, 3.05) is 0 Å². The summed E-state index contributed by atoms with van der Waals surface area (Å²) >= 11 is 3.11. The van der Waals surface area contributed by atoms with E-state index in [2.05, 4.69) is 22.2 Å². The van der Waals surface area contributed by atoms with Crippen LogP contribution in [0.4, 0.5) is 0 Å². The van der Waals surface area contributed by atoms with Gasteiger partial charge in [0.25, 0.3) is 0 Å². The SMILES string of the molecule is Cn1cc(-c2nc(COC(=O)/C=C/c3cn(Cc4ccccc4)nc3-c3cccs3)cs2)cn1. The van der Waals surface area contributed by atoms with E-state index in [9.17, 15) is 4.79 Å². The first-order valence-electron chi connectivity index (χ1n) is 10.6. The third kappa shape index (κ3) is 5.22. The largest absolute Gasteiger partial charge is 0.456 e. The molecule has 0 amide bonds. The summed E-state index contributed by atoms with van der Waals surface area (Å²) in [6, 6.07) is 14.2. The molecule has 170 valence electrons. The molecule has 0 saturated heterocycles. The van der Waals surface area contributed by atoms with E-state index in [4.69, 9.17) is 9.84 Å². The molecular formula is C25H21N5O2S2. The normalized spacial score (nSPS) is 11.3. The fourth-order valence-electron chi connectivity index (χ4n) is 3.40. The highest BCUT2D eigenvalue weighted by Gasteiger charge is 2.12. The molecule has 7 nitrogen and oxygen atoms in total. The van der Waals surface area contributed by atoms with Crippen LogP contribution in [-0.4, -0.2) is 30.5 Å². The van der Waals surface area contributed by atoms with Gasteiger partial charge in [-0.05, 0) is 23.1 Å². The first-order chi connectivity index (χ1) is 16.6. The zero-order valence-corrected chi connectivity index (χ0v) is 20.0. The van der Waals surface area contributed by atoms with Crippen molar-refractivity contribution in [2.24, 2.45) is 7.05 Å². The van der Waals surface area contributed by atoms with E-state index < -0.39 is 5.97 Å². The first-order valence-corrected chi connectivity index (χ1v) is 12.3. The summed E-state index contributed by atoms with van der Waals surface area (Å²) in [4.78, 5) is 18.0. The van der Waals surface area contributed by atoms with Crippen LogP contribution in [0.15, 0.2) is 77.9 Å². The van der Waals surface area contributed by atoms with Crippen LogP contribution in [0.25, 0.3) is 27.2 Å². The molecule has 0 radical (unpaired) electrons. The summed E-state index contributed by atoms with van der Waals surface area (Å²) in [5.41, 5.74) is 4.52. The van der Waals surface area contributed by atoms with E-state index in [0.29, 0.717) is 12.2 Å². The van der Waals surface area contributed by atoms with Crippen molar-refractivity contribution in [1.82, 2.24) is 24.5 Å². The second-order valence-electron chi connectivity index (χ2n) is 7.58. The van der Waals surface area contributed by atoms with Crippen molar-refractivity contribution in [3.8, 4) is 21.1 Å². The zero-order chi connectivity index (χ0) is 23.3. The average Bonchev–Trinajstić information content (AvgIpc) is 3.64. The number of ether oxygens (including phenoxy) is 1. The average molecular weight is 488 g/mol. The van der Waals surface area contributed by atoms with Crippen LogP contribution in [0.3, 0.4) is 0 Å². The van der Waals surface area contributed by atoms with Crippen LogP contribution in [0.1, 0.15) is 16.8 Å². The van der Waals surface area contributed by atoms with Crippen LogP contribution in [0, 0.1) is 0 Å². The topological polar surface area (TPSA) is 74.8 Å². The molecule has 9 heteroatoms. The highest BCUT2D eigenvalue weighted by Crippen LogP contribution is 2.28. The molecule has 5 aromatic rings. The molecule has 0 aliphatic heterocycles. The second kappa shape index (κ2) is 9.98. The van der Waals surface area contributed by atoms with Crippen molar-refractivity contribution >= 4 is 34.7 Å². The molecule has 0 fully saturated rings. The van der Waals surface area contributed by atoms with E-state index in [1.807, 2.05) is 65.2 Å². The van der Waals surface area contributed by atoms with Crippen LogP contribution < -0.4 is 0 Å². The minimum absolute atomic E-state index is 0.116. The van der Waals surface area contributed by atoms with Crippen LogP contribution in [0.2, 0.25) is 0 Å². The summed E-state index contributed by atoms with van der Waals surface area (Å²) in [5, 5.41) is 13.7. The Morgan fingerprint density at radius 1 is 1.12 bits per heavy atom. The molecule has 34 heavy (non-hydrogen) atoms. The van der Waals surface area contributed by atoms with E-state index in [1.165, 1.54) is 17.4 Å². The van der Waals surface area contributed by atoms with E-state index in [-0.39, 0.29) is 6.61 Å². The highest BCUT2D eigenvalue weighted by atomic mass is 32.1. The number of carbonyl (C=O) groups excluding carboxylic acids is 1. The summed E-state index contributed by atoms with van der Waals surface area (Å²) in [5.74, 6) is -0.427. The van der Waals surface area contributed by atoms with Gasteiger partial charge < -0.3 is 4.74 Å². The molecule has 4 aromatic heterocycles. The number of carbonyl (C=O) groups is 1. The van der Waals surface area contributed by atoms with Gasteiger partial charge >= 0.3 is 5.97 Å². The smallest absolute Gasteiger partial charge is 0.331 e. The highest BCUT2D eigenvalue weighted by molar-refractivity contribution is 7.13. The molecule has 0 aliphatic rings. The third-order valence-corrected chi connectivity index (χ3v) is 6.81. The Balaban J connectivity index is 1.26. The number of benzene rings is 1. The molecule has 0 spiro atoms. The predicted octanol–water partition coefficient (Wildman–Crippen LogP) is 5.27. The molecular weight excluding hydrogens is 466 g/mol. The summed E-state index contributed by atoms with van der Waals surface area (Å²) < 4.78 is 9.03. The minimum Gasteiger partial charge on any atom is -0.456 e. The molecule has 1 aromatic carbocycles. The van der Waals surface area contributed by atoms with Gasteiger partial charge in [-0.2, -0.15) is 10.2 Å². The van der Waals surface area contributed by atoms with Gasteiger partial charge in [0.05, 0.1) is 23.3 Å². The Kier molecular flexibility index (Phi) is 6.46. The fourth-order valence-corrected chi connectivity index (χ4v) is 4.91. The molecule has 0 atom stereocenters. The number of hydrogen-bond acceptors (Lipinski definition) is 7. The fraction of sp³-hybridized carbons (Fsp3) is 0.120. The zero-order valence-electron chi connectivity index (χ0n) is 18.4. The van der Waals surface area contributed by atoms with E-state index in [0.717, 1.165) is 32.3 Å². The number of rotatable bonds is 8. The molecule has 5 rings (SSSR count). The number of esters is 1. The molecule has 0 aliphatic carbocycles. The molecule has 0 bridgehead atoms. The summed E-state index contributed by atoms with van der Waals surface area (Å²) in [6.07, 6.45) is 8.82. The van der Waals surface area contributed by atoms with Crippen molar-refractivity contribution in [2.45, 2.75) is 13.2 Å². The maximum Gasteiger partial charge on any atom is 0.331 e. The Morgan fingerprint density at radius 3 is 2.76 bits per heavy atom. The van der Waals surface area contributed by atoms with Gasteiger partial charge in [-0.1, -0.05) is 36.4 Å². The van der Waals surface area contributed by atoms with Crippen LogP contribution >= 0.6 is 22.7 Å². The second-order valence-corrected chi connectivity index (χ2v) is 9.39. The third-order valence-electron chi connectivity index (χ3n) is 5.00. The summed E-state index contributed by atoms with van der Waals surface area (Å²) in [7, 11) is 1.86. The van der Waals surface area contributed by atoms with Crippen molar-refractivity contribution in [3.63, 3.8) is 0 Å². The van der Waals surface area contributed by atoms with Gasteiger partial charge in [-0.3, -0.25) is 9.36 Å². The van der Waals surface area contributed by atoms with E-state index >= 15 is 0 Å². The van der Waals surface area contributed by atoms with Gasteiger partial charge in [0.15, 0.2) is 0 Å². The van der Waals surface area contributed by atoms with Gasteiger partial charge in [-0.25, -0.2) is 9.78 Å². The van der Waals surface area contributed by atoms with Crippen LogP contribution in [-0.2, 0) is 29.7 Å². The van der Waals surface area contributed by atoms with Crippen molar-refractivity contribution in [1.29, 1.82) is 0 Å². The number of aromatic nitrogens is 5. The molecule has 0 unspecified atom stereocenters. The number of thiophene rings is 1. The lowest BCUT2D eigenvalue weighted by atomic mass is 10.2. The maximum absolute atomic E-state index is 12.4. The Bertz CT molecular complexity index is 1410. The lowest BCUT2D eigenvalue weighted by Crippen LogP contribution is -2.01. The summed E-state index contributed by atoms with van der Waals surface area (Å²) in [6.45, 7) is 0.769. The molecule has 0 saturated carbocycles. The Morgan fingerprint density at radius 2 is 2.00 bits per heavy atom. The van der Waals surface area contributed by atoms with E-state index in [1.54, 1.807) is 28.3 Å². The minimum atomic E-state index is -0.427. The standard InChI is InChI=1S/C25H21N5O2S2/c1-29-14-20(12-26-29)25-27-21(17-34-25)16-32-23(31)10-9-19-15-30(13-18-6-3-2-4-7-18)28-24(19)22-8-5-11-33-22/h2-12,14-15,17H,13,16H2,1H3/b10-9+. The predicted molar refractivity (Wildman–Crippen MR) is 134 cm³/mol. The van der Waals surface area contributed by atoms with Gasteiger partial charge in [-0.15, -0.1) is 22.7 Å². The lowest BCUT2D eigenvalue weighted by molar-refractivity contribution is -0.139. The van der Waals surface area contributed by atoms with Crippen molar-refractivity contribution < 1.29 is 9.53 Å². The van der Waals surface area contributed by atoms with Gasteiger partial charge in [0.1, 0.15) is 17.3 Å². The Labute approximate surface area is 204 Å². The molecule has 0 N–H and O–H groups in total. The van der Waals surface area contributed by atoms with Crippen LogP contribution in [0.5, 0.6) is 0 Å². The van der Waals surface area contributed by atoms with Gasteiger partial charge in [0.2, 0.25) is 0 Å². The van der Waals surface area contributed by atoms with Crippen molar-refractivity contribution in [3.05, 3.63) is 94.7 Å². The lowest BCUT2D eigenvalue weighted by Gasteiger charge is -2.00. The number of thiazole rings is 1. The first kappa shape index (κ1) is 22.0.